The molecule has 8 nitrogen and oxygen atoms in total. The van der Waals surface area contributed by atoms with E-state index in [2.05, 4.69) is 15.7 Å². The van der Waals surface area contributed by atoms with Gasteiger partial charge in [-0.25, -0.2) is 0 Å². The fraction of sp³-hybridized carbons (Fsp3) is 0.688. The van der Waals surface area contributed by atoms with Crippen LogP contribution in [0.3, 0.4) is 0 Å². The van der Waals surface area contributed by atoms with Gasteiger partial charge in [0.1, 0.15) is 12.6 Å². The van der Waals surface area contributed by atoms with E-state index in [-0.39, 0.29) is 36.9 Å². The van der Waals surface area contributed by atoms with E-state index in [1.807, 2.05) is 0 Å². The van der Waals surface area contributed by atoms with Crippen molar-refractivity contribution in [1.29, 1.82) is 0 Å². The van der Waals surface area contributed by atoms with E-state index < -0.39 is 6.10 Å². The number of carbonyl (C=O) groups is 2. The van der Waals surface area contributed by atoms with E-state index in [1.54, 1.807) is 6.20 Å². The Bertz CT molecular complexity index is 588. The quantitative estimate of drug-likeness (QED) is 0.685. The number of halogens is 1. The normalized spacial score (nSPS) is 23.2. The Hall–Kier alpha value is -1.64. The van der Waals surface area contributed by atoms with Crippen LogP contribution in [0.15, 0.2) is 12.4 Å². The van der Waals surface area contributed by atoms with Crippen LogP contribution < -0.4 is 16.4 Å². The minimum absolute atomic E-state index is 0. The van der Waals surface area contributed by atoms with E-state index in [4.69, 9.17) is 10.5 Å². The molecule has 0 bridgehead atoms. The number of nitrogens with two attached hydrogens (primary N) is 1. The van der Waals surface area contributed by atoms with Crippen LogP contribution in [-0.2, 0) is 20.9 Å². The van der Waals surface area contributed by atoms with Crippen molar-refractivity contribution < 1.29 is 14.3 Å². The molecule has 3 rings (SSSR count). The summed E-state index contributed by atoms with van der Waals surface area (Å²) in [6, 6.07) is 0.294. The molecule has 2 aliphatic rings. The molecule has 9 heteroatoms. The topological polar surface area (TPSA) is 111 Å². The lowest BCUT2D eigenvalue weighted by atomic mass is 10.2. The number of aromatic nitrogens is 2. The van der Waals surface area contributed by atoms with E-state index in [9.17, 15) is 9.59 Å². The molecular weight excluding hydrogens is 346 g/mol. The van der Waals surface area contributed by atoms with Gasteiger partial charge >= 0.3 is 0 Å². The second kappa shape index (κ2) is 9.17. The summed E-state index contributed by atoms with van der Waals surface area (Å²) in [4.78, 5) is 24.1. The zero-order valence-electron chi connectivity index (χ0n) is 14.1. The number of hydrogen-bond acceptors (Lipinski definition) is 5. The van der Waals surface area contributed by atoms with Gasteiger partial charge in [0.2, 0.25) is 5.91 Å². The first-order valence-corrected chi connectivity index (χ1v) is 8.62. The number of amides is 2. The molecule has 140 valence electrons. The predicted molar refractivity (Wildman–Crippen MR) is 95.5 cm³/mol. The zero-order valence-corrected chi connectivity index (χ0v) is 15.0. The van der Waals surface area contributed by atoms with E-state index in [0.717, 1.165) is 19.3 Å². The summed E-state index contributed by atoms with van der Waals surface area (Å²) in [6.07, 6.45) is 8.62. The summed E-state index contributed by atoms with van der Waals surface area (Å²) >= 11 is 0. The lowest BCUT2D eigenvalue weighted by Gasteiger charge is -2.12. The largest absolute Gasteiger partial charge is 0.364 e. The summed E-state index contributed by atoms with van der Waals surface area (Å²) in [5.74, 6) is -0.242. The van der Waals surface area contributed by atoms with Gasteiger partial charge in [0.15, 0.2) is 0 Å². The van der Waals surface area contributed by atoms with Crippen molar-refractivity contribution in [2.45, 2.75) is 63.3 Å². The Kier molecular flexibility index (Phi) is 7.22. The van der Waals surface area contributed by atoms with E-state index >= 15 is 0 Å². The van der Waals surface area contributed by atoms with Crippen LogP contribution in [-0.4, -0.2) is 46.4 Å². The Morgan fingerprint density at radius 1 is 1.28 bits per heavy atom. The molecule has 2 heterocycles. The van der Waals surface area contributed by atoms with Crippen molar-refractivity contribution in [2.24, 2.45) is 5.73 Å². The number of ether oxygens (including phenoxy) is 1. The minimum atomic E-state index is -0.465. The first-order valence-electron chi connectivity index (χ1n) is 8.62. The fourth-order valence-electron chi connectivity index (χ4n) is 3.30. The molecule has 4 N–H and O–H groups in total. The zero-order chi connectivity index (χ0) is 16.9. The minimum Gasteiger partial charge on any atom is -0.364 e. The maximum absolute atomic E-state index is 12.1. The van der Waals surface area contributed by atoms with Crippen LogP contribution >= 0.6 is 12.4 Å². The van der Waals surface area contributed by atoms with Gasteiger partial charge < -0.3 is 21.1 Å². The van der Waals surface area contributed by atoms with Gasteiger partial charge in [0, 0.05) is 18.8 Å². The molecular formula is C16H26ClN5O3. The van der Waals surface area contributed by atoms with Crippen molar-refractivity contribution in [3.05, 3.63) is 12.4 Å². The summed E-state index contributed by atoms with van der Waals surface area (Å²) in [7, 11) is 0. The Labute approximate surface area is 153 Å². The van der Waals surface area contributed by atoms with Crippen molar-refractivity contribution in [1.82, 2.24) is 15.1 Å². The van der Waals surface area contributed by atoms with E-state index in [1.165, 1.54) is 23.7 Å². The smallest absolute Gasteiger partial charge is 0.253 e. The lowest BCUT2D eigenvalue weighted by Crippen LogP contribution is -2.35. The molecule has 0 unspecified atom stereocenters. The molecule has 1 aromatic rings. The third-order valence-electron chi connectivity index (χ3n) is 4.59. The highest BCUT2D eigenvalue weighted by Crippen LogP contribution is 2.20. The summed E-state index contributed by atoms with van der Waals surface area (Å²) < 4.78 is 7.09. The summed E-state index contributed by atoms with van der Waals surface area (Å²) in [6.45, 7) is 0.583. The highest BCUT2D eigenvalue weighted by atomic mass is 35.5. The van der Waals surface area contributed by atoms with E-state index in [0.29, 0.717) is 24.7 Å². The molecule has 1 saturated carbocycles. The average molecular weight is 372 g/mol. The maximum atomic E-state index is 12.1. The first-order chi connectivity index (χ1) is 11.6. The average Bonchev–Trinajstić information content (AvgIpc) is 3.28. The fourth-order valence-corrected chi connectivity index (χ4v) is 3.30. The molecule has 2 amide bonds. The molecule has 1 saturated heterocycles. The maximum Gasteiger partial charge on any atom is 0.253 e. The molecule has 0 radical (unpaired) electrons. The molecule has 25 heavy (non-hydrogen) atoms. The van der Waals surface area contributed by atoms with Gasteiger partial charge in [0.25, 0.3) is 5.91 Å². The molecule has 1 aliphatic heterocycles. The number of anilines is 1. The SMILES string of the molecule is Cl.NC[C@H]1CC[C@@H](C(=O)Nc2cnn(CC(=O)NC3CCCC3)c2)O1. The second-order valence-corrected chi connectivity index (χ2v) is 6.52. The van der Waals surface area contributed by atoms with Crippen LogP contribution in [0, 0.1) is 0 Å². The monoisotopic (exact) mass is 371 g/mol. The van der Waals surface area contributed by atoms with Crippen LogP contribution in [0.2, 0.25) is 0 Å². The lowest BCUT2D eigenvalue weighted by molar-refractivity contribution is -0.126. The van der Waals surface area contributed by atoms with Crippen molar-refractivity contribution in [3.63, 3.8) is 0 Å². The van der Waals surface area contributed by atoms with Gasteiger partial charge in [-0.15, -0.1) is 12.4 Å². The number of nitrogens with one attached hydrogen (secondary N) is 2. The number of rotatable bonds is 6. The molecule has 0 spiro atoms. The number of nitrogens with zero attached hydrogens (tertiary/aromatic N) is 2. The highest BCUT2D eigenvalue weighted by molar-refractivity contribution is 5.94. The number of carbonyl (C=O) groups excluding carboxylic acids is 2. The third-order valence-corrected chi connectivity index (χ3v) is 4.59. The van der Waals surface area contributed by atoms with Crippen LogP contribution in [0.4, 0.5) is 5.69 Å². The van der Waals surface area contributed by atoms with Gasteiger partial charge in [0.05, 0.1) is 18.0 Å². The molecule has 1 aromatic heterocycles. The predicted octanol–water partition coefficient (Wildman–Crippen LogP) is 0.808. The Morgan fingerprint density at radius 2 is 2.04 bits per heavy atom. The Balaban J connectivity index is 0.00000225. The third kappa shape index (κ3) is 5.42. The van der Waals surface area contributed by atoms with Gasteiger partial charge in [-0.1, -0.05) is 12.8 Å². The van der Waals surface area contributed by atoms with Crippen LogP contribution in [0.25, 0.3) is 0 Å². The summed E-state index contributed by atoms with van der Waals surface area (Å²) in [5, 5.41) is 9.91. The molecule has 0 aromatic carbocycles. The van der Waals surface area contributed by atoms with Crippen LogP contribution in [0.5, 0.6) is 0 Å². The first kappa shape index (κ1) is 19.7. The standard InChI is InChI=1S/C16H25N5O3.ClH/c17-7-13-5-6-14(24-13)16(23)20-12-8-18-21(9-12)10-15(22)19-11-3-1-2-4-11;/h8-9,11,13-14H,1-7,10,17H2,(H,19,22)(H,20,23);1H/t13-,14+;/m1./s1. The van der Waals surface area contributed by atoms with Crippen molar-refractivity contribution in [3.8, 4) is 0 Å². The Morgan fingerprint density at radius 3 is 2.72 bits per heavy atom. The number of hydrogen-bond donors (Lipinski definition) is 3. The van der Waals surface area contributed by atoms with Gasteiger partial charge in [-0.2, -0.15) is 5.10 Å². The molecule has 1 aliphatic carbocycles. The van der Waals surface area contributed by atoms with Crippen LogP contribution in [0.1, 0.15) is 38.5 Å². The second-order valence-electron chi connectivity index (χ2n) is 6.52. The van der Waals surface area contributed by atoms with Gasteiger partial charge in [-0.05, 0) is 25.7 Å². The van der Waals surface area contributed by atoms with Crippen molar-refractivity contribution in [2.75, 3.05) is 11.9 Å². The summed E-state index contributed by atoms with van der Waals surface area (Å²) in [5.41, 5.74) is 6.11. The molecule has 2 atom stereocenters. The van der Waals surface area contributed by atoms with Crippen molar-refractivity contribution >= 4 is 29.9 Å². The van der Waals surface area contributed by atoms with Gasteiger partial charge in [-0.3, -0.25) is 14.3 Å². The highest BCUT2D eigenvalue weighted by Gasteiger charge is 2.30. The molecule has 2 fully saturated rings.